The summed E-state index contributed by atoms with van der Waals surface area (Å²) in [6, 6.07) is 1.18. The average molecular weight is 210 g/mol. The highest BCUT2D eigenvalue weighted by Crippen LogP contribution is 2.22. The number of hydrogen-bond donors (Lipinski definition) is 2. The van der Waals surface area contributed by atoms with Crippen LogP contribution in [0.2, 0.25) is 0 Å². The third-order valence-corrected chi connectivity index (χ3v) is 3.80. The average Bonchev–Trinajstić information content (AvgIpc) is 2.77. The Morgan fingerprint density at radius 2 is 2.43 bits per heavy atom. The Kier molecular flexibility index (Phi) is 3.08. The lowest BCUT2D eigenvalue weighted by atomic mass is 10.1. The van der Waals surface area contributed by atoms with E-state index >= 15 is 0 Å². The van der Waals surface area contributed by atoms with Gasteiger partial charge in [0.15, 0.2) is 0 Å². The van der Waals surface area contributed by atoms with Gasteiger partial charge < -0.3 is 10.6 Å². The van der Waals surface area contributed by atoms with Gasteiger partial charge in [-0.2, -0.15) is 0 Å². The van der Waals surface area contributed by atoms with Crippen LogP contribution in [0.1, 0.15) is 25.3 Å². The molecule has 1 aliphatic rings. The zero-order chi connectivity index (χ0) is 9.97. The summed E-state index contributed by atoms with van der Waals surface area (Å²) in [5.41, 5.74) is 2.66. The van der Waals surface area contributed by atoms with Crippen LogP contribution in [0.5, 0.6) is 0 Å². The van der Waals surface area contributed by atoms with Crippen molar-refractivity contribution in [3.05, 3.63) is 16.3 Å². The van der Waals surface area contributed by atoms with Crippen LogP contribution in [0, 0.1) is 6.92 Å². The molecule has 1 aromatic rings. The molecule has 0 saturated carbocycles. The van der Waals surface area contributed by atoms with Gasteiger partial charge in [0.25, 0.3) is 0 Å². The molecule has 1 aromatic heterocycles. The van der Waals surface area contributed by atoms with Gasteiger partial charge >= 0.3 is 0 Å². The summed E-state index contributed by atoms with van der Waals surface area (Å²) in [6.45, 7) is 5.60. The maximum absolute atomic E-state index is 3.58. The molecule has 2 N–H and O–H groups in total. The maximum Gasteiger partial charge on any atom is 0.0481 e. The van der Waals surface area contributed by atoms with Crippen molar-refractivity contribution in [1.29, 1.82) is 0 Å². The Morgan fingerprint density at radius 3 is 3.00 bits per heavy atom. The van der Waals surface area contributed by atoms with Crippen molar-refractivity contribution in [3.8, 4) is 0 Å². The molecule has 2 heterocycles. The fourth-order valence-electron chi connectivity index (χ4n) is 1.99. The molecule has 0 bridgehead atoms. The number of nitrogens with one attached hydrogen (secondary N) is 2. The molecule has 1 fully saturated rings. The van der Waals surface area contributed by atoms with E-state index in [4.69, 9.17) is 0 Å². The number of anilines is 1. The van der Waals surface area contributed by atoms with E-state index in [0.717, 1.165) is 0 Å². The number of hydrogen-bond acceptors (Lipinski definition) is 3. The van der Waals surface area contributed by atoms with Crippen LogP contribution in [-0.2, 0) is 0 Å². The minimum atomic E-state index is 0.533. The van der Waals surface area contributed by atoms with Crippen LogP contribution in [0.15, 0.2) is 10.8 Å². The molecule has 2 atom stereocenters. The van der Waals surface area contributed by atoms with Crippen LogP contribution in [0.3, 0.4) is 0 Å². The summed E-state index contributed by atoms with van der Waals surface area (Å²) < 4.78 is 0. The summed E-state index contributed by atoms with van der Waals surface area (Å²) >= 11 is 1.77. The molecule has 2 rings (SSSR count). The Morgan fingerprint density at radius 1 is 1.57 bits per heavy atom. The minimum Gasteiger partial charge on any atom is -0.380 e. The quantitative estimate of drug-likeness (QED) is 0.801. The van der Waals surface area contributed by atoms with Gasteiger partial charge in [-0.3, -0.25) is 0 Å². The largest absolute Gasteiger partial charge is 0.380 e. The third kappa shape index (κ3) is 2.10. The summed E-state index contributed by atoms with van der Waals surface area (Å²) in [4.78, 5) is 0. The number of rotatable bonds is 3. The second-order valence-electron chi connectivity index (χ2n) is 4.10. The maximum atomic E-state index is 3.58. The fourth-order valence-corrected chi connectivity index (χ4v) is 2.78. The van der Waals surface area contributed by atoms with E-state index in [0.29, 0.717) is 12.1 Å². The number of thiophene rings is 1. The van der Waals surface area contributed by atoms with Gasteiger partial charge in [0.1, 0.15) is 0 Å². The first kappa shape index (κ1) is 9.99. The van der Waals surface area contributed by atoms with Gasteiger partial charge in [-0.15, -0.1) is 11.3 Å². The smallest absolute Gasteiger partial charge is 0.0481 e. The van der Waals surface area contributed by atoms with Crippen molar-refractivity contribution in [1.82, 2.24) is 5.32 Å². The van der Waals surface area contributed by atoms with Gasteiger partial charge in [-0.1, -0.05) is 0 Å². The van der Waals surface area contributed by atoms with Crippen LogP contribution >= 0.6 is 11.3 Å². The van der Waals surface area contributed by atoms with Crippen molar-refractivity contribution < 1.29 is 0 Å². The lowest BCUT2D eigenvalue weighted by molar-refractivity contribution is 0.538. The normalized spacial score (nSPS) is 23.7. The molecule has 0 spiro atoms. The highest BCUT2D eigenvalue weighted by molar-refractivity contribution is 7.08. The first-order valence-electron chi connectivity index (χ1n) is 5.30. The molecule has 0 aliphatic carbocycles. The van der Waals surface area contributed by atoms with Crippen molar-refractivity contribution in [2.45, 2.75) is 38.8 Å². The standard InChI is InChI=1S/C11H18N2S/c1-8-6-14-7-11(8)13-9(2)10-4-3-5-12-10/h6-7,9-10,12-13H,3-5H2,1-2H3. The summed E-state index contributed by atoms with van der Waals surface area (Å²) in [7, 11) is 0. The first-order chi connectivity index (χ1) is 6.77. The Labute approximate surface area is 89.7 Å². The van der Waals surface area contributed by atoms with Gasteiger partial charge in [-0.25, -0.2) is 0 Å². The molecule has 0 aromatic carbocycles. The zero-order valence-corrected chi connectivity index (χ0v) is 9.66. The van der Waals surface area contributed by atoms with Gasteiger partial charge in [0, 0.05) is 23.2 Å². The van der Waals surface area contributed by atoms with E-state index in [9.17, 15) is 0 Å². The van der Waals surface area contributed by atoms with E-state index < -0.39 is 0 Å². The van der Waals surface area contributed by atoms with Gasteiger partial charge in [0.2, 0.25) is 0 Å². The van der Waals surface area contributed by atoms with Crippen LogP contribution in [-0.4, -0.2) is 18.6 Å². The predicted octanol–water partition coefficient (Wildman–Crippen LogP) is 2.61. The molecule has 78 valence electrons. The molecule has 14 heavy (non-hydrogen) atoms. The van der Waals surface area contributed by atoms with Crippen molar-refractivity contribution in [2.24, 2.45) is 0 Å². The molecule has 0 amide bonds. The predicted molar refractivity (Wildman–Crippen MR) is 63.2 cm³/mol. The highest BCUT2D eigenvalue weighted by atomic mass is 32.1. The molecule has 1 aliphatic heterocycles. The lowest BCUT2D eigenvalue weighted by Crippen LogP contribution is -2.37. The monoisotopic (exact) mass is 210 g/mol. The summed E-state index contributed by atoms with van der Waals surface area (Å²) in [6.07, 6.45) is 2.62. The molecule has 2 unspecified atom stereocenters. The topological polar surface area (TPSA) is 24.1 Å². The highest BCUT2D eigenvalue weighted by Gasteiger charge is 2.20. The Balaban J connectivity index is 1.93. The summed E-state index contributed by atoms with van der Waals surface area (Å²) in [5.74, 6) is 0. The van der Waals surface area contributed by atoms with E-state index in [1.807, 2.05) is 0 Å². The van der Waals surface area contributed by atoms with Crippen LogP contribution in [0.4, 0.5) is 5.69 Å². The Bertz CT molecular complexity index is 289. The van der Waals surface area contributed by atoms with Crippen molar-refractivity contribution >= 4 is 17.0 Å². The molecular formula is C11H18N2S. The van der Waals surface area contributed by atoms with Crippen molar-refractivity contribution in [2.75, 3.05) is 11.9 Å². The molecule has 0 radical (unpaired) electrons. The number of aryl methyl sites for hydroxylation is 1. The molecular weight excluding hydrogens is 192 g/mol. The first-order valence-corrected chi connectivity index (χ1v) is 6.24. The van der Waals surface area contributed by atoms with E-state index in [1.54, 1.807) is 11.3 Å². The minimum absolute atomic E-state index is 0.533. The third-order valence-electron chi connectivity index (χ3n) is 2.94. The van der Waals surface area contributed by atoms with Crippen LogP contribution in [0.25, 0.3) is 0 Å². The van der Waals surface area contributed by atoms with Gasteiger partial charge in [-0.05, 0) is 44.2 Å². The fraction of sp³-hybridized carbons (Fsp3) is 0.636. The van der Waals surface area contributed by atoms with Crippen LogP contribution < -0.4 is 10.6 Å². The Hall–Kier alpha value is -0.540. The second kappa shape index (κ2) is 4.32. The second-order valence-corrected chi connectivity index (χ2v) is 4.85. The van der Waals surface area contributed by atoms with E-state index in [1.165, 1.54) is 30.6 Å². The van der Waals surface area contributed by atoms with Crippen molar-refractivity contribution in [3.63, 3.8) is 0 Å². The zero-order valence-electron chi connectivity index (χ0n) is 8.84. The molecule has 2 nitrogen and oxygen atoms in total. The van der Waals surface area contributed by atoms with E-state index in [2.05, 4.69) is 35.2 Å². The van der Waals surface area contributed by atoms with E-state index in [-0.39, 0.29) is 0 Å². The summed E-state index contributed by atoms with van der Waals surface area (Å²) in [5, 5.41) is 11.5. The molecule has 1 saturated heterocycles. The SMILES string of the molecule is Cc1cscc1NC(C)C1CCCN1. The molecule has 3 heteroatoms. The van der Waals surface area contributed by atoms with Gasteiger partial charge in [0.05, 0.1) is 0 Å². The lowest BCUT2D eigenvalue weighted by Gasteiger charge is -2.21.